The van der Waals surface area contributed by atoms with Crippen molar-refractivity contribution in [1.29, 1.82) is 0 Å². The van der Waals surface area contributed by atoms with E-state index in [1.165, 1.54) is 0 Å². The Balaban J connectivity index is 2.40. The van der Waals surface area contributed by atoms with E-state index in [9.17, 15) is 20.0 Å². The quantitative estimate of drug-likeness (QED) is 0.766. The van der Waals surface area contributed by atoms with Crippen molar-refractivity contribution in [1.82, 2.24) is 19.9 Å². The maximum absolute atomic E-state index is 13.0. The zero-order chi connectivity index (χ0) is 20.5. The molecule has 8 nitrogen and oxygen atoms in total. The van der Waals surface area contributed by atoms with Crippen LogP contribution in [0.2, 0.25) is 0 Å². The normalized spacial score (nSPS) is 28.8. The number of rotatable bonds is 2. The molecule has 0 atom stereocenters. The summed E-state index contributed by atoms with van der Waals surface area (Å²) in [7, 11) is 0. The minimum Gasteiger partial charge on any atom is -0.319 e. The molecule has 150 valence electrons. The Bertz CT molecular complexity index is 562. The van der Waals surface area contributed by atoms with Crippen molar-refractivity contribution in [3.63, 3.8) is 0 Å². The molecule has 0 aromatic carbocycles. The molecule has 0 aromatic heterocycles. The highest BCUT2D eigenvalue weighted by Crippen LogP contribution is 2.36. The summed E-state index contributed by atoms with van der Waals surface area (Å²) < 4.78 is 0. The molecule has 2 fully saturated rings. The fourth-order valence-corrected chi connectivity index (χ4v) is 4.28. The predicted molar refractivity (Wildman–Crippen MR) is 96.5 cm³/mol. The number of hydrogen-bond donors (Lipinski definition) is 2. The van der Waals surface area contributed by atoms with Gasteiger partial charge in [-0.05, 0) is 62.3 Å². The summed E-state index contributed by atoms with van der Waals surface area (Å²) in [4.78, 5) is 29.4. The van der Waals surface area contributed by atoms with Crippen LogP contribution in [0.25, 0.3) is 0 Å². The van der Waals surface area contributed by atoms with E-state index < -0.39 is 28.3 Å². The Hall–Kier alpha value is -1.22. The van der Waals surface area contributed by atoms with Crippen LogP contribution in [0.1, 0.15) is 62.3 Å². The summed E-state index contributed by atoms with van der Waals surface area (Å²) >= 11 is 0. The fraction of sp³-hybridized carbons (Fsp3) is 0.889. The fourth-order valence-electron chi connectivity index (χ4n) is 4.28. The third-order valence-corrected chi connectivity index (χ3v) is 5.79. The van der Waals surface area contributed by atoms with Crippen LogP contribution in [0.3, 0.4) is 0 Å². The van der Waals surface area contributed by atoms with Crippen molar-refractivity contribution in [2.24, 2.45) is 0 Å². The van der Waals surface area contributed by atoms with E-state index in [0.717, 1.165) is 10.1 Å². The first kappa shape index (κ1) is 21.1. The zero-order valence-electron chi connectivity index (χ0n) is 17.5. The molecular weight excluding hydrogens is 336 g/mol. The third kappa shape index (κ3) is 2.93. The number of nitrogens with zero attached hydrogens (tertiary/aromatic N) is 4. The lowest BCUT2D eigenvalue weighted by Crippen LogP contribution is -2.76. The van der Waals surface area contributed by atoms with Gasteiger partial charge >= 0.3 is 0 Å². The second-order valence-corrected chi connectivity index (χ2v) is 9.86. The van der Waals surface area contributed by atoms with Gasteiger partial charge in [0.05, 0.1) is 11.1 Å². The van der Waals surface area contributed by atoms with E-state index in [2.05, 4.69) is 0 Å². The van der Waals surface area contributed by atoms with E-state index in [1.54, 1.807) is 37.5 Å². The molecule has 2 heterocycles. The monoisotopic (exact) mass is 370 g/mol. The molecule has 8 heteroatoms. The van der Waals surface area contributed by atoms with Gasteiger partial charge in [-0.15, -0.1) is 0 Å². The molecule has 0 radical (unpaired) electrons. The van der Waals surface area contributed by atoms with Crippen LogP contribution >= 0.6 is 0 Å². The Labute approximate surface area is 156 Å². The van der Waals surface area contributed by atoms with Gasteiger partial charge in [-0.3, -0.25) is 9.59 Å². The Kier molecular flexibility index (Phi) is 4.77. The lowest BCUT2D eigenvalue weighted by molar-refractivity contribution is -0.264. The van der Waals surface area contributed by atoms with Gasteiger partial charge in [0.25, 0.3) is 0 Å². The molecule has 2 aliphatic rings. The molecule has 2 amide bonds. The number of carbonyl (C=O) groups is 2. The van der Waals surface area contributed by atoms with Gasteiger partial charge in [-0.2, -0.15) is 10.1 Å². The molecule has 0 spiro atoms. The summed E-state index contributed by atoms with van der Waals surface area (Å²) in [6.07, 6.45) is -0.491. The Morgan fingerprint density at radius 3 is 1.27 bits per heavy atom. The third-order valence-electron chi connectivity index (χ3n) is 5.79. The zero-order valence-corrected chi connectivity index (χ0v) is 17.5. The van der Waals surface area contributed by atoms with Crippen molar-refractivity contribution in [3.8, 4) is 0 Å². The van der Waals surface area contributed by atoms with Crippen molar-refractivity contribution in [2.75, 3.05) is 13.1 Å². The minimum absolute atomic E-state index is 0.235. The summed E-state index contributed by atoms with van der Waals surface area (Å²) in [6.45, 7) is 16.6. The second-order valence-electron chi connectivity index (χ2n) is 9.86. The number of hydroxylamine groups is 4. The molecule has 0 aromatic rings. The van der Waals surface area contributed by atoms with Crippen LogP contribution in [0.5, 0.6) is 0 Å². The highest BCUT2D eigenvalue weighted by Gasteiger charge is 2.56. The Morgan fingerprint density at radius 1 is 0.731 bits per heavy atom. The van der Waals surface area contributed by atoms with E-state index >= 15 is 0 Å². The largest absolute Gasteiger partial charge is 0.319 e. The first-order chi connectivity index (χ1) is 11.5. The smallest absolute Gasteiger partial charge is 0.246 e. The highest BCUT2D eigenvalue weighted by molar-refractivity contribution is 5.89. The van der Waals surface area contributed by atoms with Gasteiger partial charge in [-0.1, -0.05) is 0 Å². The molecule has 0 unspecified atom stereocenters. The maximum Gasteiger partial charge on any atom is 0.246 e. The van der Waals surface area contributed by atoms with Crippen LogP contribution < -0.4 is 0 Å². The molecule has 2 rings (SSSR count). The lowest BCUT2D eigenvalue weighted by Gasteiger charge is -2.57. The average Bonchev–Trinajstić information content (AvgIpc) is 2.51. The first-order valence-electron chi connectivity index (χ1n) is 9.08. The lowest BCUT2D eigenvalue weighted by atomic mass is 9.87. The summed E-state index contributed by atoms with van der Waals surface area (Å²) in [6, 6.07) is 0. The number of carbonyl (C=O) groups excluding carboxylic acids is 2. The molecule has 2 saturated heterocycles. The average molecular weight is 370 g/mol. The van der Waals surface area contributed by atoms with Crippen molar-refractivity contribution in [2.45, 2.75) is 90.6 Å². The molecular formula is C18H34N4O4. The van der Waals surface area contributed by atoms with E-state index in [1.807, 2.05) is 34.6 Å². The second kappa shape index (κ2) is 5.89. The van der Waals surface area contributed by atoms with Crippen LogP contribution in [-0.2, 0) is 9.59 Å². The van der Waals surface area contributed by atoms with Gasteiger partial charge in [0.1, 0.15) is 17.2 Å². The molecule has 2 N–H and O–H groups in total. The maximum atomic E-state index is 13.0. The summed E-state index contributed by atoms with van der Waals surface area (Å²) in [5, 5.41) is 23.1. The van der Waals surface area contributed by atoms with Gasteiger partial charge in [-0.25, -0.2) is 0 Å². The van der Waals surface area contributed by atoms with Crippen LogP contribution in [0.4, 0.5) is 0 Å². The van der Waals surface area contributed by atoms with E-state index in [0.29, 0.717) is 13.1 Å². The number of amides is 2. The molecule has 2 aliphatic heterocycles. The molecule has 0 aliphatic carbocycles. The van der Waals surface area contributed by atoms with Crippen molar-refractivity contribution in [3.05, 3.63) is 0 Å². The summed E-state index contributed by atoms with van der Waals surface area (Å²) in [5.74, 6) is -0.469. The van der Waals surface area contributed by atoms with E-state index in [-0.39, 0.29) is 11.8 Å². The van der Waals surface area contributed by atoms with Gasteiger partial charge in [0.15, 0.2) is 0 Å². The van der Waals surface area contributed by atoms with E-state index in [4.69, 9.17) is 0 Å². The van der Waals surface area contributed by atoms with Gasteiger partial charge in [0.2, 0.25) is 11.8 Å². The number of hydrogen-bond acceptors (Lipinski definition) is 6. The van der Waals surface area contributed by atoms with Crippen molar-refractivity contribution < 1.29 is 20.0 Å². The SMILES string of the molecule is CC(N1CC(C)(C)N(O)C(C)(C)C1=O)N1CC(C)(C)N(O)C(C)(C)C1=O. The molecule has 0 bridgehead atoms. The summed E-state index contributed by atoms with van der Waals surface area (Å²) in [5.41, 5.74) is -3.50. The minimum atomic E-state index is -1.09. The Morgan fingerprint density at radius 2 is 1.00 bits per heavy atom. The van der Waals surface area contributed by atoms with Gasteiger partial charge < -0.3 is 20.2 Å². The highest BCUT2D eigenvalue weighted by atomic mass is 16.5. The first-order valence-corrected chi connectivity index (χ1v) is 9.08. The molecule has 26 heavy (non-hydrogen) atoms. The predicted octanol–water partition coefficient (Wildman–Crippen LogP) is 1.51. The topological polar surface area (TPSA) is 87.6 Å². The van der Waals surface area contributed by atoms with Crippen LogP contribution in [0.15, 0.2) is 0 Å². The van der Waals surface area contributed by atoms with Gasteiger partial charge in [0, 0.05) is 13.1 Å². The van der Waals surface area contributed by atoms with Crippen LogP contribution in [-0.4, -0.2) is 83.6 Å². The number of piperazine rings is 2. The standard InChI is InChI=1S/C18H34N4O4/c1-12(19-10-15(2,3)21(25)17(6,7)13(19)23)20-11-16(4,5)22(26)18(8,9)14(20)24/h12,25-26H,10-11H2,1-9H3. The van der Waals surface area contributed by atoms with Crippen molar-refractivity contribution >= 4 is 11.8 Å². The molecule has 0 saturated carbocycles. The van der Waals surface area contributed by atoms with Crippen LogP contribution in [0, 0.1) is 0 Å².